The van der Waals surface area contributed by atoms with Gasteiger partial charge in [0, 0.05) is 0 Å². The van der Waals surface area contributed by atoms with Crippen LogP contribution in [-0.2, 0) is 10.1 Å². The van der Waals surface area contributed by atoms with Crippen LogP contribution in [0.5, 0.6) is 0 Å². The Morgan fingerprint density at radius 3 is 1.18 bits per heavy atom. The number of alkyl halides is 9. The third kappa shape index (κ3) is 2.17. The first kappa shape index (κ1) is 16.3. The Hall–Kier alpha value is -0.720. The molecule has 0 aliphatic rings. The second kappa shape index (κ2) is 3.63. The van der Waals surface area contributed by atoms with Gasteiger partial charge in [-0.25, -0.2) is 0 Å². The summed E-state index contributed by atoms with van der Waals surface area (Å²) >= 11 is 0. The zero-order valence-electron chi connectivity index (χ0n) is 7.07. The van der Waals surface area contributed by atoms with Gasteiger partial charge in [0.15, 0.2) is 0 Å². The summed E-state index contributed by atoms with van der Waals surface area (Å²) in [5.74, 6) is -14.7. The van der Waals surface area contributed by atoms with Crippen molar-refractivity contribution in [2.24, 2.45) is 0 Å². The summed E-state index contributed by atoms with van der Waals surface area (Å²) in [7, 11) is -7.17. The van der Waals surface area contributed by atoms with Crippen molar-refractivity contribution in [2.75, 3.05) is 0 Å². The fourth-order valence-electron chi connectivity index (χ4n) is 0.523. The summed E-state index contributed by atoms with van der Waals surface area (Å²) in [6, 6.07) is 0. The summed E-state index contributed by atoms with van der Waals surface area (Å²) in [4.78, 5) is 0. The van der Waals surface area contributed by atoms with Crippen LogP contribution >= 0.6 is 0 Å². The topological polar surface area (TPSA) is 54.4 Å². The molecule has 0 bridgehead atoms. The molecular formula is C4HF9O3S. The van der Waals surface area contributed by atoms with Crippen LogP contribution in [0.15, 0.2) is 0 Å². The Bertz CT molecular complexity index is 393. The van der Waals surface area contributed by atoms with Crippen molar-refractivity contribution in [3.63, 3.8) is 0 Å². The second-order valence-electron chi connectivity index (χ2n) is 2.64. The molecule has 0 aromatic carbocycles. The van der Waals surface area contributed by atoms with Crippen molar-refractivity contribution >= 4 is 10.1 Å². The van der Waals surface area contributed by atoms with Gasteiger partial charge in [-0.15, -0.1) is 0 Å². The van der Waals surface area contributed by atoms with Gasteiger partial charge >= 0.3 is 33.4 Å². The second-order valence-corrected chi connectivity index (χ2v) is 4.10. The first-order valence-corrected chi connectivity index (χ1v) is 4.61. The van der Waals surface area contributed by atoms with E-state index >= 15 is 0 Å². The molecule has 0 spiro atoms. The Balaban J connectivity index is 5.91. The molecule has 0 aliphatic heterocycles. The lowest BCUT2D eigenvalue weighted by atomic mass is 10.8. The standard InChI is InChI=1S/C4HF9O3S/c5-1(6,3(9,10)11)2(7,8)4(12,13)17(14,15)16/h(H,14,15,16)/i1+1,2+1,4+1. The van der Waals surface area contributed by atoms with Gasteiger partial charge in [0.1, 0.15) is 0 Å². The fraction of sp³-hybridized carbons (Fsp3) is 1.00. The smallest absolute Gasteiger partial charge is 0.281 e. The van der Waals surface area contributed by atoms with E-state index in [9.17, 15) is 47.9 Å². The minimum Gasteiger partial charge on any atom is -0.281 e. The lowest BCUT2D eigenvalue weighted by Gasteiger charge is -2.31. The van der Waals surface area contributed by atoms with Crippen LogP contribution in [0.1, 0.15) is 0 Å². The van der Waals surface area contributed by atoms with Crippen LogP contribution in [0, 0.1) is 0 Å². The molecular weight excluding hydrogens is 302 g/mol. The van der Waals surface area contributed by atoms with Crippen LogP contribution in [0.2, 0.25) is 0 Å². The Labute approximate surface area is 87.0 Å². The largest absolute Gasteiger partial charge is 0.460 e. The first-order valence-electron chi connectivity index (χ1n) is 3.17. The molecule has 0 atom stereocenters. The molecule has 0 unspecified atom stereocenters. The van der Waals surface area contributed by atoms with Gasteiger partial charge in [-0.3, -0.25) is 4.55 Å². The highest BCUT2D eigenvalue weighted by atomic mass is 32.2. The van der Waals surface area contributed by atoms with Crippen molar-refractivity contribution in [1.82, 2.24) is 0 Å². The van der Waals surface area contributed by atoms with Gasteiger partial charge in [0.25, 0.3) is 0 Å². The monoisotopic (exact) mass is 303 g/mol. The Morgan fingerprint density at radius 2 is 1.00 bits per heavy atom. The first-order chi connectivity index (χ1) is 7.00. The van der Waals surface area contributed by atoms with Crippen molar-refractivity contribution in [3.05, 3.63) is 0 Å². The normalized spacial score (nSPS) is 16.1. The van der Waals surface area contributed by atoms with E-state index in [2.05, 4.69) is 0 Å². The third-order valence-electron chi connectivity index (χ3n) is 1.44. The van der Waals surface area contributed by atoms with E-state index < -0.39 is 33.4 Å². The summed E-state index contributed by atoms with van der Waals surface area (Å²) in [6.07, 6.45) is -7.13. The van der Waals surface area contributed by atoms with E-state index in [1.54, 1.807) is 0 Å². The van der Waals surface area contributed by atoms with Crippen LogP contribution < -0.4 is 0 Å². The summed E-state index contributed by atoms with van der Waals surface area (Å²) < 4.78 is 134. The molecule has 0 radical (unpaired) electrons. The molecule has 13 heteroatoms. The molecule has 0 saturated carbocycles. The van der Waals surface area contributed by atoms with Crippen molar-refractivity contribution < 1.29 is 52.5 Å². The summed E-state index contributed by atoms with van der Waals surface area (Å²) in [5.41, 5.74) is 0. The third-order valence-corrected chi connectivity index (χ3v) is 2.34. The van der Waals surface area contributed by atoms with Gasteiger partial charge < -0.3 is 0 Å². The molecule has 0 aliphatic carbocycles. The van der Waals surface area contributed by atoms with E-state index in [1.165, 1.54) is 0 Å². The molecule has 0 aromatic rings. The number of halogens is 9. The van der Waals surface area contributed by atoms with Crippen LogP contribution in [0.25, 0.3) is 0 Å². The predicted octanol–water partition coefficient (Wildman–Crippen LogP) is 2.30. The van der Waals surface area contributed by atoms with Crippen LogP contribution in [-0.4, -0.2) is 36.2 Å². The predicted molar refractivity (Wildman–Crippen MR) is 32.4 cm³/mol. The quantitative estimate of drug-likeness (QED) is 0.494. The van der Waals surface area contributed by atoms with Crippen LogP contribution in [0.4, 0.5) is 39.5 Å². The van der Waals surface area contributed by atoms with E-state index in [0.29, 0.717) is 0 Å². The number of rotatable bonds is 3. The molecule has 104 valence electrons. The van der Waals surface area contributed by atoms with E-state index in [-0.39, 0.29) is 0 Å². The van der Waals surface area contributed by atoms with E-state index in [1.807, 2.05) is 0 Å². The zero-order valence-corrected chi connectivity index (χ0v) is 7.89. The van der Waals surface area contributed by atoms with Gasteiger partial charge in [-0.05, 0) is 0 Å². The van der Waals surface area contributed by atoms with Crippen molar-refractivity contribution in [1.29, 1.82) is 0 Å². The molecule has 1 N–H and O–H groups in total. The summed E-state index contributed by atoms with van der Waals surface area (Å²) in [5, 5.41) is -7.00. The summed E-state index contributed by atoms with van der Waals surface area (Å²) in [6.45, 7) is 0. The maximum absolute atomic E-state index is 12.2. The SMILES string of the molecule is O=S(=O)(O)[13C](F)(F)[13C](F)(F)[13C](F)(F)C(F)(F)F. The lowest BCUT2D eigenvalue weighted by Crippen LogP contribution is -2.63. The number of hydrogen-bond donors (Lipinski definition) is 1. The molecule has 0 aromatic heterocycles. The van der Waals surface area contributed by atoms with Gasteiger partial charge in [0.05, 0.1) is 0 Å². The maximum Gasteiger partial charge on any atom is 0.460 e. The van der Waals surface area contributed by atoms with Gasteiger partial charge in [-0.2, -0.15) is 47.9 Å². The Kier molecular flexibility index (Phi) is 3.48. The van der Waals surface area contributed by atoms with Crippen LogP contribution in [0.3, 0.4) is 0 Å². The fourth-order valence-corrected chi connectivity index (χ4v) is 0.975. The highest BCUT2D eigenvalue weighted by Gasteiger charge is 2.85. The minimum atomic E-state index is -7.37. The lowest BCUT2D eigenvalue weighted by molar-refractivity contribution is -0.382. The average Bonchev–Trinajstić information content (AvgIpc) is 1.98. The highest BCUT2D eigenvalue weighted by molar-refractivity contribution is 7.87. The molecule has 3 nitrogen and oxygen atoms in total. The van der Waals surface area contributed by atoms with Gasteiger partial charge in [-0.1, -0.05) is 0 Å². The minimum absolute atomic E-state index is 7.00. The van der Waals surface area contributed by atoms with Crippen molar-refractivity contribution in [2.45, 2.75) is 23.3 Å². The molecule has 0 saturated heterocycles. The molecule has 0 amide bonds. The van der Waals surface area contributed by atoms with Crippen molar-refractivity contribution in [3.8, 4) is 0 Å². The van der Waals surface area contributed by atoms with E-state index in [4.69, 9.17) is 4.55 Å². The highest BCUT2D eigenvalue weighted by Crippen LogP contribution is 2.54. The van der Waals surface area contributed by atoms with E-state index in [0.717, 1.165) is 0 Å². The Morgan fingerprint density at radius 1 is 0.706 bits per heavy atom. The molecule has 17 heavy (non-hydrogen) atoms. The maximum atomic E-state index is 12.2. The van der Waals surface area contributed by atoms with Gasteiger partial charge in [0.2, 0.25) is 0 Å². The molecule has 0 rings (SSSR count). The molecule has 0 fully saturated rings. The zero-order chi connectivity index (χ0) is 14.5. The average molecular weight is 303 g/mol. The molecule has 0 heterocycles. The number of hydrogen-bond acceptors (Lipinski definition) is 2.